The molecule has 0 amide bonds. The van der Waals surface area contributed by atoms with E-state index >= 15 is 0 Å². The van der Waals surface area contributed by atoms with Crippen LogP contribution in [0.5, 0.6) is 0 Å². The molecule has 1 aromatic rings. The Morgan fingerprint density at radius 1 is 1.15 bits per heavy atom. The van der Waals surface area contributed by atoms with Gasteiger partial charge in [-0.15, -0.1) is 0 Å². The molecular formula is C9H10F3N. The Morgan fingerprint density at radius 2 is 1.62 bits per heavy atom. The number of hydrogen-bond acceptors (Lipinski definition) is 1. The topological polar surface area (TPSA) is 12.0 Å². The number of rotatable bonds is 2. The van der Waals surface area contributed by atoms with E-state index in [1.165, 1.54) is 0 Å². The van der Waals surface area contributed by atoms with Gasteiger partial charge in [0, 0.05) is 23.7 Å². The Labute approximate surface area is 74.6 Å². The van der Waals surface area contributed by atoms with Crippen LogP contribution >= 0.6 is 0 Å². The molecule has 1 atom stereocenters. The Kier molecular flexibility index (Phi) is 2.93. The minimum atomic E-state index is -0.901. The molecule has 0 bridgehead atoms. The summed E-state index contributed by atoms with van der Waals surface area (Å²) in [5, 5.41) is 2.68. The zero-order chi connectivity index (χ0) is 10.0. The molecule has 0 radical (unpaired) electrons. The standard InChI is InChI=1S/C9H10F3N/c1-5(13-2)9-7(11)3-6(10)4-8(9)12/h3-5,13H,1-2H3. The lowest BCUT2D eigenvalue weighted by atomic mass is 10.1. The summed E-state index contributed by atoms with van der Waals surface area (Å²) in [4.78, 5) is 0. The highest BCUT2D eigenvalue weighted by atomic mass is 19.1. The van der Waals surface area contributed by atoms with Crippen LogP contribution in [0.1, 0.15) is 18.5 Å². The molecule has 0 aromatic heterocycles. The molecule has 1 rings (SSSR count). The predicted octanol–water partition coefficient (Wildman–Crippen LogP) is 2.38. The number of hydrogen-bond donors (Lipinski definition) is 1. The van der Waals surface area contributed by atoms with E-state index in [9.17, 15) is 13.2 Å². The molecule has 0 heterocycles. The Bertz CT molecular complexity index is 289. The van der Waals surface area contributed by atoms with Crippen molar-refractivity contribution in [2.24, 2.45) is 0 Å². The monoisotopic (exact) mass is 189 g/mol. The van der Waals surface area contributed by atoms with E-state index in [2.05, 4.69) is 5.32 Å². The summed E-state index contributed by atoms with van der Waals surface area (Å²) >= 11 is 0. The van der Waals surface area contributed by atoms with E-state index in [1.54, 1.807) is 14.0 Å². The Hall–Kier alpha value is -1.03. The summed E-state index contributed by atoms with van der Waals surface area (Å²) in [7, 11) is 1.58. The Morgan fingerprint density at radius 3 is 2.00 bits per heavy atom. The molecule has 72 valence electrons. The Balaban J connectivity index is 3.20. The summed E-state index contributed by atoms with van der Waals surface area (Å²) in [6.45, 7) is 1.60. The summed E-state index contributed by atoms with van der Waals surface area (Å²) in [5.41, 5.74) is -0.135. The third kappa shape index (κ3) is 2.01. The highest BCUT2D eigenvalue weighted by Crippen LogP contribution is 2.21. The van der Waals surface area contributed by atoms with Crippen LogP contribution in [-0.2, 0) is 0 Å². The van der Waals surface area contributed by atoms with Gasteiger partial charge in [-0.05, 0) is 14.0 Å². The molecule has 0 saturated carbocycles. The van der Waals surface area contributed by atoms with Gasteiger partial charge in [0.25, 0.3) is 0 Å². The smallest absolute Gasteiger partial charge is 0.133 e. The van der Waals surface area contributed by atoms with Gasteiger partial charge in [0.2, 0.25) is 0 Å². The van der Waals surface area contributed by atoms with Gasteiger partial charge in [-0.2, -0.15) is 0 Å². The highest BCUT2D eigenvalue weighted by molar-refractivity contribution is 5.23. The molecule has 0 aliphatic heterocycles. The fourth-order valence-corrected chi connectivity index (χ4v) is 1.11. The quantitative estimate of drug-likeness (QED) is 0.753. The molecule has 0 aliphatic rings. The van der Waals surface area contributed by atoms with Gasteiger partial charge in [-0.1, -0.05) is 0 Å². The second-order valence-electron chi connectivity index (χ2n) is 2.79. The van der Waals surface area contributed by atoms with Crippen molar-refractivity contribution in [3.8, 4) is 0 Å². The van der Waals surface area contributed by atoms with Crippen LogP contribution in [0.3, 0.4) is 0 Å². The van der Waals surface area contributed by atoms with E-state index in [0.29, 0.717) is 12.1 Å². The van der Waals surface area contributed by atoms with Crippen LogP contribution in [0.15, 0.2) is 12.1 Å². The maximum Gasteiger partial charge on any atom is 0.133 e. The molecule has 1 unspecified atom stereocenters. The van der Waals surface area contributed by atoms with Gasteiger partial charge >= 0.3 is 0 Å². The third-order valence-corrected chi connectivity index (χ3v) is 1.91. The van der Waals surface area contributed by atoms with Crippen molar-refractivity contribution in [3.63, 3.8) is 0 Å². The molecule has 0 aliphatic carbocycles. The minimum absolute atomic E-state index is 0.135. The SMILES string of the molecule is CNC(C)c1c(F)cc(F)cc1F. The molecule has 13 heavy (non-hydrogen) atoms. The fraction of sp³-hybridized carbons (Fsp3) is 0.333. The van der Waals surface area contributed by atoms with Gasteiger partial charge in [0.05, 0.1) is 0 Å². The second-order valence-corrected chi connectivity index (χ2v) is 2.79. The van der Waals surface area contributed by atoms with E-state index in [0.717, 1.165) is 0 Å². The average molecular weight is 189 g/mol. The predicted molar refractivity (Wildman–Crippen MR) is 43.8 cm³/mol. The van der Waals surface area contributed by atoms with Crippen molar-refractivity contribution in [2.75, 3.05) is 7.05 Å². The zero-order valence-electron chi connectivity index (χ0n) is 7.37. The van der Waals surface area contributed by atoms with Crippen molar-refractivity contribution in [2.45, 2.75) is 13.0 Å². The number of benzene rings is 1. The van der Waals surface area contributed by atoms with Crippen molar-refractivity contribution in [3.05, 3.63) is 35.1 Å². The number of nitrogens with one attached hydrogen (secondary N) is 1. The van der Waals surface area contributed by atoms with Crippen molar-refractivity contribution in [1.29, 1.82) is 0 Å². The molecule has 0 spiro atoms. The van der Waals surface area contributed by atoms with Gasteiger partial charge in [0.15, 0.2) is 0 Å². The van der Waals surface area contributed by atoms with Crippen molar-refractivity contribution in [1.82, 2.24) is 5.32 Å². The minimum Gasteiger partial charge on any atom is -0.313 e. The average Bonchev–Trinajstić information content (AvgIpc) is 2.02. The van der Waals surface area contributed by atoms with Gasteiger partial charge in [-0.25, -0.2) is 13.2 Å². The summed E-state index contributed by atoms with van der Waals surface area (Å²) in [6, 6.07) is 0.874. The van der Waals surface area contributed by atoms with Crippen LogP contribution in [0, 0.1) is 17.5 Å². The largest absolute Gasteiger partial charge is 0.313 e. The lowest BCUT2D eigenvalue weighted by molar-refractivity contribution is 0.491. The number of halogens is 3. The maximum atomic E-state index is 13.0. The first-order valence-electron chi connectivity index (χ1n) is 3.88. The van der Waals surface area contributed by atoms with Crippen LogP contribution < -0.4 is 5.32 Å². The molecule has 1 N–H and O–H groups in total. The van der Waals surface area contributed by atoms with E-state index in [1.807, 2.05) is 0 Å². The first-order chi connectivity index (χ1) is 6.06. The maximum absolute atomic E-state index is 13.0. The van der Waals surface area contributed by atoms with E-state index in [4.69, 9.17) is 0 Å². The molecule has 4 heteroatoms. The molecular weight excluding hydrogens is 179 g/mol. The third-order valence-electron chi connectivity index (χ3n) is 1.91. The lowest BCUT2D eigenvalue weighted by Gasteiger charge is -2.12. The van der Waals surface area contributed by atoms with Gasteiger partial charge in [-0.3, -0.25) is 0 Å². The van der Waals surface area contributed by atoms with Crippen LogP contribution in [0.4, 0.5) is 13.2 Å². The summed E-state index contributed by atoms with van der Waals surface area (Å²) in [5.74, 6) is -2.62. The van der Waals surface area contributed by atoms with E-state index in [-0.39, 0.29) is 5.56 Å². The summed E-state index contributed by atoms with van der Waals surface area (Å²) in [6.07, 6.45) is 0. The van der Waals surface area contributed by atoms with Crippen LogP contribution in [-0.4, -0.2) is 7.05 Å². The van der Waals surface area contributed by atoms with Gasteiger partial charge < -0.3 is 5.32 Å². The van der Waals surface area contributed by atoms with Crippen LogP contribution in [0.25, 0.3) is 0 Å². The van der Waals surface area contributed by atoms with Crippen molar-refractivity contribution >= 4 is 0 Å². The lowest BCUT2D eigenvalue weighted by Crippen LogP contribution is -2.16. The van der Waals surface area contributed by atoms with Gasteiger partial charge in [0.1, 0.15) is 17.5 Å². The van der Waals surface area contributed by atoms with Crippen molar-refractivity contribution < 1.29 is 13.2 Å². The molecule has 1 aromatic carbocycles. The summed E-state index contributed by atoms with van der Waals surface area (Å²) < 4.78 is 38.5. The van der Waals surface area contributed by atoms with E-state index < -0.39 is 23.5 Å². The molecule has 0 fully saturated rings. The first kappa shape index (κ1) is 10.1. The fourth-order valence-electron chi connectivity index (χ4n) is 1.11. The first-order valence-corrected chi connectivity index (χ1v) is 3.88. The normalized spacial score (nSPS) is 13.0. The zero-order valence-corrected chi connectivity index (χ0v) is 7.37. The molecule has 0 saturated heterocycles. The van der Waals surface area contributed by atoms with Crippen LogP contribution in [0.2, 0.25) is 0 Å². The second kappa shape index (κ2) is 3.79. The highest BCUT2D eigenvalue weighted by Gasteiger charge is 2.15. The molecule has 1 nitrogen and oxygen atoms in total.